The number of sulfone groups is 1. The highest BCUT2D eigenvalue weighted by molar-refractivity contribution is 7.91. The van der Waals surface area contributed by atoms with E-state index in [0.717, 1.165) is 68.3 Å². The molecule has 0 amide bonds. The molecule has 7 nitrogen and oxygen atoms in total. The molecule has 6 rings (SSSR count). The Balaban J connectivity index is 1.11. The maximum atomic E-state index is 13.4. The van der Waals surface area contributed by atoms with Crippen molar-refractivity contribution >= 4 is 31.8 Å². The highest BCUT2D eigenvalue weighted by atomic mass is 32.2. The number of fused-ring (bicyclic) bond motifs is 3. The van der Waals surface area contributed by atoms with Crippen LogP contribution < -0.4 is 0 Å². The summed E-state index contributed by atoms with van der Waals surface area (Å²) < 4.78 is 26.9. The molecule has 1 aliphatic carbocycles. The molecule has 0 radical (unpaired) electrons. The van der Waals surface area contributed by atoms with Gasteiger partial charge < -0.3 is 9.88 Å². The SMILES string of the molecule is O=S(=O)(CN1CCCC(CN2CCCC2)C1)C1CCC(c2ccnc3cnc4[nH]ccc4c23)CC1. The summed E-state index contributed by atoms with van der Waals surface area (Å²) in [5.74, 6) is 1.23. The van der Waals surface area contributed by atoms with E-state index >= 15 is 0 Å². The van der Waals surface area contributed by atoms with Crippen molar-refractivity contribution in [2.45, 2.75) is 62.5 Å². The van der Waals surface area contributed by atoms with E-state index in [2.05, 4.69) is 36.9 Å². The van der Waals surface area contributed by atoms with E-state index in [1.165, 1.54) is 43.3 Å². The van der Waals surface area contributed by atoms with Crippen LogP contribution in [-0.2, 0) is 9.84 Å². The molecule has 0 bridgehead atoms. The topological polar surface area (TPSA) is 82.2 Å². The lowest BCUT2D eigenvalue weighted by molar-refractivity contribution is 0.158. The van der Waals surface area contributed by atoms with Gasteiger partial charge in [0.05, 0.1) is 17.0 Å². The summed E-state index contributed by atoms with van der Waals surface area (Å²) in [5, 5.41) is 2.07. The highest BCUT2D eigenvalue weighted by Crippen LogP contribution is 2.40. The second kappa shape index (κ2) is 9.79. The number of aromatic amines is 1. The first kappa shape index (κ1) is 23.4. The summed E-state index contributed by atoms with van der Waals surface area (Å²) >= 11 is 0. The number of nitrogens with zero attached hydrogens (tertiary/aromatic N) is 4. The fourth-order valence-corrected chi connectivity index (χ4v) is 8.81. The van der Waals surface area contributed by atoms with Gasteiger partial charge in [-0.05, 0) is 101 Å². The van der Waals surface area contributed by atoms with Crippen LogP contribution in [0.25, 0.3) is 21.9 Å². The Bertz CT molecular complexity index is 1280. The maximum Gasteiger partial charge on any atom is 0.166 e. The second-order valence-electron chi connectivity index (χ2n) is 11.0. The Kier molecular flexibility index (Phi) is 6.54. The monoisotopic (exact) mass is 495 g/mol. The van der Waals surface area contributed by atoms with Gasteiger partial charge in [-0.3, -0.25) is 9.88 Å². The zero-order chi connectivity index (χ0) is 23.8. The van der Waals surface area contributed by atoms with Crippen LogP contribution in [0.15, 0.2) is 30.7 Å². The molecule has 0 aromatic carbocycles. The van der Waals surface area contributed by atoms with E-state index < -0.39 is 9.84 Å². The van der Waals surface area contributed by atoms with E-state index in [9.17, 15) is 8.42 Å². The van der Waals surface area contributed by atoms with Crippen molar-refractivity contribution in [2.24, 2.45) is 5.92 Å². The largest absolute Gasteiger partial charge is 0.346 e. The average molecular weight is 496 g/mol. The summed E-state index contributed by atoms with van der Waals surface area (Å²) in [7, 11) is -3.12. The molecule has 3 aliphatic rings. The number of likely N-dealkylation sites (tertiary alicyclic amines) is 2. The average Bonchev–Trinajstić information content (AvgIpc) is 3.56. The molecule has 1 N–H and O–H groups in total. The van der Waals surface area contributed by atoms with Crippen molar-refractivity contribution in [3.8, 4) is 0 Å². The number of nitrogens with one attached hydrogen (secondary N) is 1. The molecule has 5 heterocycles. The van der Waals surface area contributed by atoms with Gasteiger partial charge in [0.1, 0.15) is 11.5 Å². The van der Waals surface area contributed by atoms with Crippen LogP contribution in [0.1, 0.15) is 62.8 Å². The standard InChI is InChI=1S/C27H37N5O2S/c33-35(34,19-32-15-3-4-20(18-32)17-31-13-1-2-14-31)22-7-5-21(6-8-22)23-9-11-28-25-16-30-27-24(26(23)25)10-12-29-27/h9-12,16,20-22H,1-8,13-15,17-19H2,(H,29,30). The molecule has 1 unspecified atom stereocenters. The first-order valence-corrected chi connectivity index (χ1v) is 15.2. The van der Waals surface area contributed by atoms with E-state index in [-0.39, 0.29) is 11.1 Å². The molecule has 188 valence electrons. The van der Waals surface area contributed by atoms with E-state index in [4.69, 9.17) is 0 Å². The molecule has 2 aliphatic heterocycles. The molecular formula is C27H37N5O2S. The van der Waals surface area contributed by atoms with Crippen LogP contribution in [0.5, 0.6) is 0 Å². The minimum absolute atomic E-state index is 0.209. The van der Waals surface area contributed by atoms with Crippen LogP contribution in [0, 0.1) is 5.92 Å². The van der Waals surface area contributed by atoms with Gasteiger partial charge in [-0.1, -0.05) is 0 Å². The van der Waals surface area contributed by atoms with Gasteiger partial charge in [-0.15, -0.1) is 0 Å². The number of rotatable bonds is 6. The molecule has 3 aromatic heterocycles. The summed E-state index contributed by atoms with van der Waals surface area (Å²) in [6, 6.07) is 4.20. The van der Waals surface area contributed by atoms with Gasteiger partial charge in [-0.2, -0.15) is 0 Å². The number of pyridine rings is 2. The lowest BCUT2D eigenvalue weighted by Gasteiger charge is -2.36. The Morgan fingerprint density at radius 1 is 0.943 bits per heavy atom. The van der Waals surface area contributed by atoms with E-state index in [1.54, 1.807) is 0 Å². The lowest BCUT2D eigenvalue weighted by atomic mass is 9.82. The normalized spacial score (nSPS) is 27.1. The lowest BCUT2D eigenvalue weighted by Crippen LogP contribution is -2.44. The smallest absolute Gasteiger partial charge is 0.166 e. The highest BCUT2D eigenvalue weighted by Gasteiger charge is 2.34. The Labute approximate surface area is 208 Å². The quantitative estimate of drug-likeness (QED) is 0.549. The zero-order valence-electron chi connectivity index (χ0n) is 20.5. The zero-order valence-corrected chi connectivity index (χ0v) is 21.3. The Hall–Kier alpha value is -2.03. The van der Waals surface area contributed by atoms with Crippen molar-refractivity contribution in [1.29, 1.82) is 0 Å². The molecule has 1 atom stereocenters. The molecule has 8 heteroatoms. The second-order valence-corrected chi connectivity index (χ2v) is 13.3. The molecule has 2 saturated heterocycles. The van der Waals surface area contributed by atoms with Crippen molar-refractivity contribution < 1.29 is 8.42 Å². The molecule has 3 aromatic rings. The first-order chi connectivity index (χ1) is 17.1. The van der Waals surface area contributed by atoms with Crippen molar-refractivity contribution in [3.63, 3.8) is 0 Å². The predicted octanol–water partition coefficient (Wildman–Crippen LogP) is 4.32. The fourth-order valence-electron chi connectivity index (χ4n) is 6.86. The van der Waals surface area contributed by atoms with Crippen LogP contribution in [-0.4, -0.2) is 77.0 Å². The molecule has 3 fully saturated rings. The van der Waals surface area contributed by atoms with Gasteiger partial charge in [-0.25, -0.2) is 13.4 Å². The van der Waals surface area contributed by atoms with Crippen molar-refractivity contribution in [1.82, 2.24) is 24.8 Å². The summed E-state index contributed by atoms with van der Waals surface area (Å²) in [6.07, 6.45) is 14.0. The summed E-state index contributed by atoms with van der Waals surface area (Å²) in [4.78, 5) is 17.0. The molecule has 0 spiro atoms. The summed E-state index contributed by atoms with van der Waals surface area (Å²) in [6.45, 7) is 5.45. The first-order valence-electron chi connectivity index (χ1n) is 13.4. The Morgan fingerprint density at radius 2 is 1.74 bits per heavy atom. The molecule has 1 saturated carbocycles. The third-order valence-electron chi connectivity index (χ3n) is 8.63. The van der Waals surface area contributed by atoms with Crippen LogP contribution >= 0.6 is 0 Å². The molecule has 35 heavy (non-hydrogen) atoms. The predicted molar refractivity (Wildman–Crippen MR) is 140 cm³/mol. The number of hydrogen-bond acceptors (Lipinski definition) is 6. The van der Waals surface area contributed by atoms with Gasteiger partial charge >= 0.3 is 0 Å². The number of aromatic nitrogens is 3. The van der Waals surface area contributed by atoms with Crippen LogP contribution in [0.2, 0.25) is 0 Å². The molecular weight excluding hydrogens is 458 g/mol. The fraction of sp³-hybridized carbons (Fsp3) is 0.630. The van der Waals surface area contributed by atoms with Crippen molar-refractivity contribution in [2.75, 3.05) is 38.6 Å². The number of hydrogen-bond donors (Lipinski definition) is 1. The van der Waals surface area contributed by atoms with Crippen LogP contribution in [0.4, 0.5) is 0 Å². The maximum absolute atomic E-state index is 13.4. The van der Waals surface area contributed by atoms with Gasteiger partial charge in [0, 0.05) is 36.3 Å². The third kappa shape index (κ3) is 4.85. The number of H-pyrrole nitrogens is 1. The summed E-state index contributed by atoms with van der Waals surface area (Å²) in [5.41, 5.74) is 3.09. The minimum atomic E-state index is -3.12. The Morgan fingerprint density at radius 3 is 2.57 bits per heavy atom. The third-order valence-corrected chi connectivity index (χ3v) is 10.8. The van der Waals surface area contributed by atoms with E-state index in [1.807, 2.05) is 18.6 Å². The van der Waals surface area contributed by atoms with Crippen LogP contribution in [0.3, 0.4) is 0 Å². The van der Waals surface area contributed by atoms with Gasteiger partial charge in [0.15, 0.2) is 9.84 Å². The minimum Gasteiger partial charge on any atom is -0.346 e. The van der Waals surface area contributed by atoms with Crippen molar-refractivity contribution in [3.05, 3.63) is 36.3 Å². The van der Waals surface area contributed by atoms with Gasteiger partial charge in [0.25, 0.3) is 0 Å². The van der Waals surface area contributed by atoms with Gasteiger partial charge in [0.2, 0.25) is 0 Å². The van der Waals surface area contributed by atoms with E-state index in [0.29, 0.717) is 11.8 Å². The number of piperidine rings is 1.